The normalized spacial score (nSPS) is 20.3. The molecule has 1 fully saturated rings. The molecule has 0 heterocycles. The maximum Gasteiger partial charge on any atom is 0.128 e. The highest BCUT2D eigenvalue weighted by Gasteiger charge is 2.41. The van der Waals surface area contributed by atoms with Crippen LogP contribution in [0, 0.1) is 19.7 Å². The second-order valence-electron chi connectivity index (χ2n) is 6.87. The van der Waals surface area contributed by atoms with Crippen molar-refractivity contribution in [3.05, 3.63) is 34.6 Å². The average Bonchev–Trinajstić information content (AvgIpc) is 2.63. The maximum absolute atomic E-state index is 14.6. The van der Waals surface area contributed by atoms with Gasteiger partial charge in [0.1, 0.15) is 5.82 Å². The quantitative estimate of drug-likeness (QED) is 0.850. The van der Waals surface area contributed by atoms with E-state index in [1.807, 2.05) is 19.9 Å². The minimum absolute atomic E-state index is 0.128. The molecular formula is C18H29FN2. The molecule has 1 aliphatic rings. The van der Waals surface area contributed by atoms with Crippen LogP contribution in [0.5, 0.6) is 0 Å². The van der Waals surface area contributed by atoms with Crippen LogP contribution < -0.4 is 5.73 Å². The fraction of sp³-hybridized carbons (Fsp3) is 0.667. The van der Waals surface area contributed by atoms with E-state index in [1.54, 1.807) is 6.07 Å². The molecule has 1 aromatic rings. The average molecular weight is 292 g/mol. The molecule has 0 spiro atoms. The van der Waals surface area contributed by atoms with Crippen molar-refractivity contribution in [1.82, 2.24) is 4.90 Å². The van der Waals surface area contributed by atoms with Crippen molar-refractivity contribution >= 4 is 0 Å². The summed E-state index contributed by atoms with van der Waals surface area (Å²) in [7, 11) is 4.18. The number of benzene rings is 1. The molecule has 0 aromatic heterocycles. The van der Waals surface area contributed by atoms with Gasteiger partial charge in [0, 0.05) is 11.1 Å². The summed E-state index contributed by atoms with van der Waals surface area (Å²) in [4.78, 5) is 2.24. The molecule has 1 aliphatic carbocycles. The summed E-state index contributed by atoms with van der Waals surface area (Å²) < 4.78 is 14.6. The van der Waals surface area contributed by atoms with Gasteiger partial charge in [-0.15, -0.1) is 0 Å². The molecule has 2 nitrogen and oxygen atoms in total. The molecule has 1 unspecified atom stereocenters. The van der Waals surface area contributed by atoms with Crippen molar-refractivity contribution < 1.29 is 4.39 Å². The van der Waals surface area contributed by atoms with Gasteiger partial charge in [0.25, 0.3) is 0 Å². The lowest BCUT2D eigenvalue weighted by atomic mass is 9.77. The number of halogens is 1. The fourth-order valence-electron chi connectivity index (χ4n) is 3.97. The first kappa shape index (κ1) is 16.4. The molecule has 1 atom stereocenters. The lowest BCUT2D eigenvalue weighted by molar-refractivity contribution is 0.0951. The molecule has 0 radical (unpaired) electrons. The van der Waals surface area contributed by atoms with Gasteiger partial charge in [-0.3, -0.25) is 0 Å². The SMILES string of the molecule is Cc1cc(C)c(C(N)C2(N(C)C)CCCCCC2)c(F)c1. The van der Waals surface area contributed by atoms with Crippen molar-refractivity contribution in [2.75, 3.05) is 14.1 Å². The molecule has 0 bridgehead atoms. The topological polar surface area (TPSA) is 29.3 Å². The highest BCUT2D eigenvalue weighted by molar-refractivity contribution is 5.36. The minimum atomic E-state index is -0.272. The fourth-order valence-corrected chi connectivity index (χ4v) is 3.97. The summed E-state index contributed by atoms with van der Waals surface area (Å²) in [5.74, 6) is -0.148. The Morgan fingerprint density at radius 2 is 1.67 bits per heavy atom. The Kier molecular flexibility index (Phi) is 5.05. The number of nitrogens with zero attached hydrogens (tertiary/aromatic N) is 1. The van der Waals surface area contributed by atoms with Crippen LogP contribution in [0.15, 0.2) is 12.1 Å². The molecule has 21 heavy (non-hydrogen) atoms. The van der Waals surface area contributed by atoms with Gasteiger partial charge in [-0.25, -0.2) is 4.39 Å². The van der Waals surface area contributed by atoms with Crippen molar-refractivity contribution in [3.8, 4) is 0 Å². The number of aryl methyl sites for hydroxylation is 2. The maximum atomic E-state index is 14.6. The summed E-state index contributed by atoms with van der Waals surface area (Å²) in [5, 5.41) is 0. The molecule has 3 heteroatoms. The van der Waals surface area contributed by atoms with E-state index in [1.165, 1.54) is 25.7 Å². The highest BCUT2D eigenvalue weighted by atomic mass is 19.1. The zero-order chi connectivity index (χ0) is 15.6. The third-order valence-corrected chi connectivity index (χ3v) is 5.23. The lowest BCUT2D eigenvalue weighted by Gasteiger charge is -2.45. The Morgan fingerprint density at radius 1 is 1.10 bits per heavy atom. The van der Waals surface area contributed by atoms with Crippen molar-refractivity contribution in [2.45, 2.75) is 64.0 Å². The van der Waals surface area contributed by atoms with Gasteiger partial charge >= 0.3 is 0 Å². The number of rotatable bonds is 3. The van der Waals surface area contributed by atoms with E-state index in [4.69, 9.17) is 5.73 Å². The van der Waals surface area contributed by atoms with Gasteiger partial charge in [-0.05, 0) is 58.0 Å². The van der Waals surface area contributed by atoms with E-state index in [2.05, 4.69) is 19.0 Å². The van der Waals surface area contributed by atoms with E-state index >= 15 is 0 Å². The molecule has 1 saturated carbocycles. The molecule has 118 valence electrons. The van der Waals surface area contributed by atoms with Crippen molar-refractivity contribution in [2.24, 2.45) is 5.73 Å². The van der Waals surface area contributed by atoms with Crippen LogP contribution in [0.3, 0.4) is 0 Å². The molecular weight excluding hydrogens is 263 g/mol. The highest BCUT2D eigenvalue weighted by Crippen LogP contribution is 2.41. The second kappa shape index (κ2) is 6.45. The molecule has 0 saturated heterocycles. The van der Waals surface area contributed by atoms with Crippen molar-refractivity contribution in [1.29, 1.82) is 0 Å². The zero-order valence-corrected chi connectivity index (χ0v) is 13.9. The minimum Gasteiger partial charge on any atom is -0.322 e. The molecule has 2 N–H and O–H groups in total. The summed E-state index contributed by atoms with van der Waals surface area (Å²) >= 11 is 0. The Morgan fingerprint density at radius 3 is 2.14 bits per heavy atom. The third-order valence-electron chi connectivity index (χ3n) is 5.23. The number of hydrogen-bond donors (Lipinski definition) is 1. The lowest BCUT2D eigenvalue weighted by Crippen LogP contribution is -2.52. The summed E-state index contributed by atoms with van der Waals surface area (Å²) in [6.45, 7) is 3.91. The van der Waals surface area contributed by atoms with Gasteiger partial charge < -0.3 is 10.6 Å². The second-order valence-corrected chi connectivity index (χ2v) is 6.87. The summed E-state index contributed by atoms with van der Waals surface area (Å²) in [6.07, 6.45) is 6.98. The number of likely N-dealkylation sites (N-methyl/N-ethyl adjacent to an activating group) is 1. The van der Waals surface area contributed by atoms with E-state index < -0.39 is 0 Å². The third kappa shape index (κ3) is 3.14. The van der Waals surface area contributed by atoms with Crippen LogP contribution in [0.4, 0.5) is 4.39 Å². The summed E-state index contributed by atoms with van der Waals surface area (Å²) in [5.41, 5.74) is 9.16. The standard InChI is InChI=1S/C18H29FN2/c1-13-11-14(2)16(15(19)12-13)17(20)18(21(3)4)9-7-5-6-8-10-18/h11-12,17H,5-10,20H2,1-4H3. The van der Waals surface area contributed by atoms with Crippen LogP contribution in [0.1, 0.15) is 61.3 Å². The molecule has 0 aliphatic heterocycles. The Labute approximate surface area is 128 Å². The van der Waals surface area contributed by atoms with Gasteiger partial charge in [-0.2, -0.15) is 0 Å². The van der Waals surface area contributed by atoms with Crippen molar-refractivity contribution in [3.63, 3.8) is 0 Å². The predicted octanol–water partition coefficient (Wildman–Crippen LogP) is 4.10. The van der Waals surface area contributed by atoms with Crippen LogP contribution in [0.2, 0.25) is 0 Å². The number of hydrogen-bond acceptors (Lipinski definition) is 2. The van der Waals surface area contributed by atoms with Crippen LogP contribution in [-0.4, -0.2) is 24.5 Å². The Hall–Kier alpha value is -0.930. The number of nitrogens with two attached hydrogens (primary N) is 1. The van der Waals surface area contributed by atoms with Crippen LogP contribution in [-0.2, 0) is 0 Å². The van der Waals surface area contributed by atoms with E-state index in [0.29, 0.717) is 5.56 Å². The first-order valence-corrected chi connectivity index (χ1v) is 8.08. The monoisotopic (exact) mass is 292 g/mol. The molecule has 1 aromatic carbocycles. The molecule has 2 rings (SSSR count). The van der Waals surface area contributed by atoms with Gasteiger partial charge in [-0.1, -0.05) is 31.7 Å². The van der Waals surface area contributed by atoms with Gasteiger partial charge in [0.2, 0.25) is 0 Å². The summed E-state index contributed by atoms with van der Waals surface area (Å²) in [6, 6.07) is 3.38. The van der Waals surface area contributed by atoms with Gasteiger partial charge in [0.15, 0.2) is 0 Å². The van der Waals surface area contributed by atoms with E-state index in [0.717, 1.165) is 24.0 Å². The van der Waals surface area contributed by atoms with Gasteiger partial charge in [0.05, 0.1) is 6.04 Å². The smallest absolute Gasteiger partial charge is 0.128 e. The van der Waals surface area contributed by atoms with Crippen LogP contribution >= 0.6 is 0 Å². The molecule has 0 amide bonds. The Bertz CT molecular complexity index is 465. The van der Waals surface area contributed by atoms with E-state index in [9.17, 15) is 4.39 Å². The van der Waals surface area contributed by atoms with E-state index in [-0.39, 0.29) is 17.4 Å². The first-order chi connectivity index (χ1) is 9.88. The zero-order valence-electron chi connectivity index (χ0n) is 13.9. The largest absolute Gasteiger partial charge is 0.322 e. The first-order valence-electron chi connectivity index (χ1n) is 8.08. The van der Waals surface area contributed by atoms with Crippen LogP contribution in [0.25, 0.3) is 0 Å². The predicted molar refractivity (Wildman–Crippen MR) is 86.9 cm³/mol. The Balaban J connectivity index is 2.46.